The lowest BCUT2D eigenvalue weighted by Crippen LogP contribution is -2.36. The highest BCUT2D eigenvalue weighted by atomic mass is 15.2. The fraction of sp³-hybridized carbons (Fsp3) is 0.467. The zero-order valence-electron chi connectivity index (χ0n) is 9.89. The van der Waals surface area contributed by atoms with Gasteiger partial charge < -0.3 is 0 Å². The Labute approximate surface area is 97.8 Å². The molecule has 2 fully saturated rings. The zero-order valence-corrected chi connectivity index (χ0v) is 9.89. The van der Waals surface area contributed by atoms with Crippen molar-refractivity contribution in [2.24, 2.45) is 0 Å². The fourth-order valence-corrected chi connectivity index (χ4v) is 3.17. The third-order valence-electron chi connectivity index (χ3n) is 4.15. The van der Waals surface area contributed by atoms with E-state index in [4.69, 9.17) is 0 Å². The Morgan fingerprint density at radius 1 is 1.06 bits per heavy atom. The maximum Gasteiger partial charge on any atom is 0.0133 e. The Morgan fingerprint density at radius 3 is 2.31 bits per heavy atom. The van der Waals surface area contributed by atoms with Gasteiger partial charge in [-0.05, 0) is 38.3 Å². The molecule has 1 heteroatoms. The maximum absolute atomic E-state index is 2.59. The summed E-state index contributed by atoms with van der Waals surface area (Å²) in [5.41, 5.74) is 3.01. The number of hydrogen-bond acceptors (Lipinski definition) is 1. The molecule has 0 spiro atoms. The minimum absolute atomic E-state index is 0.814. The van der Waals surface area contributed by atoms with Gasteiger partial charge in [-0.1, -0.05) is 42.0 Å². The molecule has 3 rings (SSSR count). The second kappa shape index (κ2) is 4.06. The van der Waals surface area contributed by atoms with Crippen LogP contribution in [0.3, 0.4) is 0 Å². The Balaban J connectivity index is 1.80. The van der Waals surface area contributed by atoms with Crippen molar-refractivity contribution in [3.63, 3.8) is 0 Å². The molecule has 84 valence electrons. The second-order valence-corrected chi connectivity index (χ2v) is 5.17. The Bertz CT molecular complexity index is 377. The van der Waals surface area contributed by atoms with Gasteiger partial charge in [0.1, 0.15) is 0 Å². The average molecular weight is 213 g/mol. The van der Waals surface area contributed by atoms with Crippen LogP contribution < -0.4 is 0 Å². The predicted octanol–water partition coefficient (Wildman–Crippen LogP) is 3.33. The van der Waals surface area contributed by atoms with Crippen molar-refractivity contribution in [1.29, 1.82) is 0 Å². The molecule has 2 aliphatic heterocycles. The van der Waals surface area contributed by atoms with E-state index in [-0.39, 0.29) is 0 Å². The lowest BCUT2D eigenvalue weighted by Gasteiger charge is -2.32. The second-order valence-electron chi connectivity index (χ2n) is 5.17. The summed E-state index contributed by atoms with van der Waals surface area (Å²) in [7, 11) is 2.29. The summed E-state index contributed by atoms with van der Waals surface area (Å²) in [6.07, 6.45) is 7.75. The van der Waals surface area contributed by atoms with Crippen LogP contribution in [-0.4, -0.2) is 24.0 Å². The van der Waals surface area contributed by atoms with Crippen molar-refractivity contribution in [2.75, 3.05) is 7.05 Å². The Hall–Kier alpha value is -1.08. The first-order valence-corrected chi connectivity index (χ1v) is 6.29. The highest BCUT2D eigenvalue weighted by molar-refractivity contribution is 5.53. The van der Waals surface area contributed by atoms with E-state index in [2.05, 4.69) is 48.4 Å². The SMILES string of the molecule is CN1C2CCC1CC(=Cc1ccccc1)C2. The minimum atomic E-state index is 0.814. The van der Waals surface area contributed by atoms with E-state index in [0.717, 1.165) is 12.1 Å². The standard InChI is InChI=1S/C15H19N/c1-16-14-7-8-15(16)11-13(10-14)9-12-5-3-2-4-6-12/h2-6,9,14-15H,7-8,10-11H2,1H3. The van der Waals surface area contributed by atoms with Crippen LogP contribution in [0.5, 0.6) is 0 Å². The average Bonchev–Trinajstić information content (AvgIpc) is 2.54. The molecule has 0 aromatic heterocycles. The number of rotatable bonds is 1. The van der Waals surface area contributed by atoms with Gasteiger partial charge in [0.25, 0.3) is 0 Å². The molecular weight excluding hydrogens is 194 g/mol. The Kier molecular flexibility index (Phi) is 2.56. The van der Waals surface area contributed by atoms with Crippen LogP contribution in [-0.2, 0) is 0 Å². The van der Waals surface area contributed by atoms with Crippen LogP contribution in [0, 0.1) is 0 Å². The minimum Gasteiger partial charge on any atom is -0.300 e. The molecule has 2 saturated heterocycles. The molecule has 0 amide bonds. The third-order valence-corrected chi connectivity index (χ3v) is 4.15. The van der Waals surface area contributed by atoms with Crippen LogP contribution >= 0.6 is 0 Å². The quantitative estimate of drug-likeness (QED) is 0.691. The predicted molar refractivity (Wildman–Crippen MR) is 68.2 cm³/mol. The lowest BCUT2D eigenvalue weighted by molar-refractivity contribution is 0.210. The van der Waals surface area contributed by atoms with Crippen LogP contribution in [0.4, 0.5) is 0 Å². The van der Waals surface area contributed by atoms with Crippen molar-refractivity contribution in [2.45, 2.75) is 37.8 Å². The first kappa shape index (κ1) is 10.1. The maximum atomic E-state index is 2.59. The smallest absolute Gasteiger partial charge is 0.0133 e. The molecule has 0 saturated carbocycles. The van der Waals surface area contributed by atoms with Crippen molar-refractivity contribution in [3.8, 4) is 0 Å². The van der Waals surface area contributed by atoms with Crippen LogP contribution in [0.1, 0.15) is 31.2 Å². The summed E-state index contributed by atoms with van der Waals surface area (Å²) in [5, 5.41) is 0. The van der Waals surface area contributed by atoms with Crippen LogP contribution in [0.15, 0.2) is 35.9 Å². The summed E-state index contributed by atoms with van der Waals surface area (Å²) < 4.78 is 0. The topological polar surface area (TPSA) is 3.24 Å². The molecule has 1 nitrogen and oxygen atoms in total. The number of nitrogens with zero attached hydrogens (tertiary/aromatic N) is 1. The fourth-order valence-electron chi connectivity index (χ4n) is 3.17. The molecule has 2 aliphatic rings. The normalized spacial score (nSPS) is 29.4. The van der Waals surface area contributed by atoms with E-state index in [0.29, 0.717) is 0 Å². The molecule has 2 unspecified atom stereocenters. The van der Waals surface area contributed by atoms with E-state index in [1.165, 1.54) is 31.2 Å². The summed E-state index contributed by atoms with van der Waals surface area (Å²) in [6, 6.07) is 12.4. The number of piperidine rings is 1. The van der Waals surface area contributed by atoms with Crippen molar-refractivity contribution in [3.05, 3.63) is 41.5 Å². The van der Waals surface area contributed by atoms with Gasteiger partial charge in [-0.15, -0.1) is 0 Å². The number of fused-ring (bicyclic) bond motifs is 2. The largest absolute Gasteiger partial charge is 0.300 e. The summed E-state index contributed by atoms with van der Waals surface area (Å²) >= 11 is 0. The van der Waals surface area contributed by atoms with Crippen molar-refractivity contribution >= 4 is 6.08 Å². The van der Waals surface area contributed by atoms with Crippen molar-refractivity contribution in [1.82, 2.24) is 4.90 Å². The molecule has 2 heterocycles. The lowest BCUT2D eigenvalue weighted by atomic mass is 9.95. The number of hydrogen-bond donors (Lipinski definition) is 0. The molecule has 2 atom stereocenters. The van der Waals surface area contributed by atoms with Crippen molar-refractivity contribution < 1.29 is 0 Å². The third kappa shape index (κ3) is 1.80. The van der Waals surface area contributed by atoms with Gasteiger partial charge in [-0.25, -0.2) is 0 Å². The molecule has 1 aromatic carbocycles. The summed E-state index contributed by atoms with van der Waals surface area (Å²) in [4.78, 5) is 2.59. The summed E-state index contributed by atoms with van der Waals surface area (Å²) in [6.45, 7) is 0. The van der Waals surface area contributed by atoms with Gasteiger partial charge in [0.2, 0.25) is 0 Å². The van der Waals surface area contributed by atoms with E-state index in [9.17, 15) is 0 Å². The van der Waals surface area contributed by atoms with Crippen LogP contribution in [0.2, 0.25) is 0 Å². The Morgan fingerprint density at radius 2 is 1.69 bits per heavy atom. The van der Waals surface area contributed by atoms with E-state index in [1.807, 2.05) is 0 Å². The molecule has 0 N–H and O–H groups in total. The van der Waals surface area contributed by atoms with Gasteiger partial charge in [-0.3, -0.25) is 4.90 Å². The molecule has 2 bridgehead atoms. The van der Waals surface area contributed by atoms with Gasteiger partial charge >= 0.3 is 0 Å². The van der Waals surface area contributed by atoms with Gasteiger partial charge in [0.05, 0.1) is 0 Å². The molecular formula is C15H19N. The zero-order chi connectivity index (χ0) is 11.0. The van der Waals surface area contributed by atoms with Gasteiger partial charge in [0.15, 0.2) is 0 Å². The highest BCUT2D eigenvalue weighted by Crippen LogP contribution is 2.37. The van der Waals surface area contributed by atoms with Crippen LogP contribution in [0.25, 0.3) is 6.08 Å². The van der Waals surface area contributed by atoms with E-state index >= 15 is 0 Å². The molecule has 0 aliphatic carbocycles. The van der Waals surface area contributed by atoms with Gasteiger partial charge in [0, 0.05) is 12.1 Å². The molecule has 16 heavy (non-hydrogen) atoms. The monoisotopic (exact) mass is 213 g/mol. The van der Waals surface area contributed by atoms with E-state index in [1.54, 1.807) is 5.57 Å². The first-order chi connectivity index (χ1) is 7.83. The van der Waals surface area contributed by atoms with E-state index < -0.39 is 0 Å². The number of benzene rings is 1. The molecule has 0 radical (unpaired) electrons. The summed E-state index contributed by atoms with van der Waals surface area (Å²) in [5.74, 6) is 0. The highest BCUT2D eigenvalue weighted by Gasteiger charge is 2.35. The first-order valence-electron chi connectivity index (χ1n) is 6.29. The van der Waals surface area contributed by atoms with Gasteiger partial charge in [-0.2, -0.15) is 0 Å². The molecule has 1 aromatic rings.